The van der Waals surface area contributed by atoms with Gasteiger partial charge < -0.3 is 0 Å². The van der Waals surface area contributed by atoms with Crippen molar-refractivity contribution in [2.45, 2.75) is 0 Å². The van der Waals surface area contributed by atoms with Gasteiger partial charge in [-0.3, -0.25) is 10.1 Å². The van der Waals surface area contributed by atoms with Crippen LogP contribution in [0.1, 0.15) is 5.56 Å². The Bertz CT molecular complexity index is 480. The second-order valence-corrected chi connectivity index (χ2v) is 3.23. The molecule has 0 aliphatic rings. The summed E-state index contributed by atoms with van der Waals surface area (Å²) in [5.41, 5.74) is 0.384. The first-order chi connectivity index (χ1) is 6.63. The number of non-ortho nitro benzene ring substituents is 1. The topological polar surface area (TPSA) is 66.9 Å². The van der Waals surface area contributed by atoms with Gasteiger partial charge in [-0.15, -0.1) is 0 Å². The average Bonchev–Trinajstić information content (AvgIpc) is 2.14. The van der Waals surface area contributed by atoms with Crippen LogP contribution in [-0.4, -0.2) is 4.92 Å². The van der Waals surface area contributed by atoms with Crippen molar-refractivity contribution in [3.05, 3.63) is 38.3 Å². The fourth-order valence-corrected chi connectivity index (χ4v) is 1.33. The molecule has 0 fully saturated rings. The highest BCUT2D eigenvalue weighted by atomic mass is 79.9. The first-order valence-corrected chi connectivity index (χ1v) is 4.28. The Labute approximate surface area is 88.4 Å². The van der Waals surface area contributed by atoms with Gasteiger partial charge in [0, 0.05) is 28.1 Å². The van der Waals surface area contributed by atoms with Gasteiger partial charge in [-0.2, -0.15) is 5.26 Å². The van der Waals surface area contributed by atoms with E-state index in [4.69, 9.17) is 5.26 Å². The van der Waals surface area contributed by atoms with Crippen LogP contribution in [0.4, 0.5) is 5.69 Å². The van der Waals surface area contributed by atoms with E-state index < -0.39 is 4.92 Å². The molecule has 0 aromatic heterocycles. The molecule has 1 aromatic rings. The highest BCUT2D eigenvalue weighted by Crippen LogP contribution is 2.20. The van der Waals surface area contributed by atoms with Crippen LogP contribution in [0, 0.1) is 33.3 Å². The number of benzene rings is 1. The van der Waals surface area contributed by atoms with Gasteiger partial charge in [-0.05, 0) is 6.07 Å². The Morgan fingerprint density at radius 3 is 2.71 bits per heavy atom. The van der Waals surface area contributed by atoms with Crippen LogP contribution in [-0.2, 0) is 0 Å². The van der Waals surface area contributed by atoms with E-state index in [1.54, 1.807) is 12.1 Å². The van der Waals surface area contributed by atoms with Crippen LogP contribution >= 0.6 is 15.9 Å². The van der Waals surface area contributed by atoms with Crippen LogP contribution in [0.2, 0.25) is 0 Å². The number of hydrogen-bond donors (Lipinski definition) is 0. The molecule has 5 heteroatoms. The van der Waals surface area contributed by atoms with Crippen molar-refractivity contribution in [1.82, 2.24) is 0 Å². The lowest BCUT2D eigenvalue weighted by Crippen LogP contribution is -1.88. The lowest BCUT2D eigenvalue weighted by Gasteiger charge is -1.94. The maximum atomic E-state index is 10.5. The molecular weight excluding hydrogens is 248 g/mol. The van der Waals surface area contributed by atoms with Crippen LogP contribution in [0.15, 0.2) is 22.7 Å². The van der Waals surface area contributed by atoms with E-state index >= 15 is 0 Å². The van der Waals surface area contributed by atoms with Crippen LogP contribution < -0.4 is 0 Å². The second-order valence-electron chi connectivity index (χ2n) is 2.32. The summed E-state index contributed by atoms with van der Waals surface area (Å²) in [5.74, 6) is 4.65. The smallest absolute Gasteiger partial charge is 0.258 e. The zero-order chi connectivity index (χ0) is 10.6. The molecule has 1 rings (SSSR count). The standard InChI is InChI=1S/C9H3BrN2O2/c10-8-4-7(2-1-3-11)5-9(6-8)12(13)14/h4-6H. The fourth-order valence-electron chi connectivity index (χ4n) is 0.852. The van der Waals surface area contributed by atoms with Gasteiger partial charge in [0.1, 0.15) is 0 Å². The van der Waals surface area contributed by atoms with Gasteiger partial charge in [0.05, 0.1) is 4.92 Å². The molecule has 0 amide bonds. The number of hydrogen-bond acceptors (Lipinski definition) is 3. The minimum absolute atomic E-state index is 0.0541. The molecule has 4 nitrogen and oxygen atoms in total. The number of rotatable bonds is 1. The number of halogens is 1. The summed E-state index contributed by atoms with van der Waals surface area (Å²) in [4.78, 5) is 9.94. The summed E-state index contributed by atoms with van der Waals surface area (Å²) in [6, 6.07) is 5.93. The average molecular weight is 251 g/mol. The molecule has 0 aliphatic carbocycles. The molecule has 0 heterocycles. The number of nitro benzene ring substituents is 1. The normalized spacial score (nSPS) is 8.29. The third kappa shape index (κ3) is 2.58. The van der Waals surface area contributed by atoms with E-state index in [-0.39, 0.29) is 5.69 Å². The highest BCUT2D eigenvalue weighted by Gasteiger charge is 2.06. The molecule has 0 radical (unpaired) electrons. The van der Waals surface area contributed by atoms with Crippen molar-refractivity contribution in [1.29, 1.82) is 5.26 Å². The molecular formula is C9H3BrN2O2. The lowest BCUT2D eigenvalue weighted by atomic mass is 10.2. The molecule has 0 spiro atoms. The predicted molar refractivity (Wildman–Crippen MR) is 53.3 cm³/mol. The van der Waals surface area contributed by atoms with Gasteiger partial charge >= 0.3 is 0 Å². The maximum Gasteiger partial charge on any atom is 0.271 e. The predicted octanol–water partition coefficient (Wildman–Crippen LogP) is 2.23. The minimum Gasteiger partial charge on any atom is -0.258 e. The third-order valence-corrected chi connectivity index (χ3v) is 1.81. The van der Waals surface area contributed by atoms with Gasteiger partial charge in [0.25, 0.3) is 5.69 Å². The summed E-state index contributed by atoms with van der Waals surface area (Å²) in [6.07, 6.45) is 0. The zero-order valence-electron chi connectivity index (χ0n) is 6.82. The van der Waals surface area contributed by atoms with Crippen LogP contribution in [0.5, 0.6) is 0 Å². The van der Waals surface area contributed by atoms with Gasteiger partial charge in [-0.1, -0.05) is 21.9 Å². The molecule has 0 saturated carbocycles. The molecule has 0 unspecified atom stereocenters. The highest BCUT2D eigenvalue weighted by molar-refractivity contribution is 9.10. The Kier molecular flexibility index (Phi) is 3.22. The minimum atomic E-state index is -0.512. The van der Waals surface area contributed by atoms with Gasteiger partial charge in [-0.25, -0.2) is 0 Å². The summed E-state index contributed by atoms with van der Waals surface area (Å²) in [5, 5.41) is 18.7. The first-order valence-electron chi connectivity index (χ1n) is 3.48. The van der Waals surface area contributed by atoms with Crippen molar-refractivity contribution in [2.24, 2.45) is 0 Å². The molecule has 0 bridgehead atoms. The summed E-state index contributed by atoms with van der Waals surface area (Å²) in [7, 11) is 0. The quantitative estimate of drug-likeness (QED) is 0.436. The first kappa shape index (κ1) is 10.2. The Hall–Kier alpha value is -1.85. The van der Waals surface area contributed by atoms with E-state index in [0.717, 1.165) is 0 Å². The zero-order valence-corrected chi connectivity index (χ0v) is 8.41. The van der Waals surface area contributed by atoms with Crippen LogP contribution in [0.3, 0.4) is 0 Å². The van der Waals surface area contributed by atoms with E-state index in [2.05, 4.69) is 27.8 Å². The van der Waals surface area contributed by atoms with E-state index in [1.807, 2.05) is 0 Å². The number of nitrogens with zero attached hydrogens (tertiary/aromatic N) is 2. The molecule has 0 atom stereocenters. The van der Waals surface area contributed by atoms with E-state index in [0.29, 0.717) is 10.0 Å². The molecule has 0 saturated heterocycles. The maximum absolute atomic E-state index is 10.5. The Morgan fingerprint density at radius 2 is 2.14 bits per heavy atom. The number of nitro groups is 1. The Balaban J connectivity index is 3.22. The molecule has 1 aromatic carbocycles. The summed E-state index contributed by atoms with van der Waals surface area (Å²) >= 11 is 3.12. The van der Waals surface area contributed by atoms with Crippen molar-refractivity contribution >= 4 is 21.6 Å². The summed E-state index contributed by atoms with van der Waals surface area (Å²) in [6.45, 7) is 0. The third-order valence-electron chi connectivity index (χ3n) is 1.36. The van der Waals surface area contributed by atoms with E-state index in [1.165, 1.54) is 12.1 Å². The van der Waals surface area contributed by atoms with Crippen molar-refractivity contribution < 1.29 is 4.92 Å². The van der Waals surface area contributed by atoms with Crippen molar-refractivity contribution in [2.75, 3.05) is 0 Å². The molecule has 0 N–H and O–H groups in total. The molecule has 0 aliphatic heterocycles. The van der Waals surface area contributed by atoms with Crippen molar-refractivity contribution in [3.8, 4) is 17.9 Å². The Morgan fingerprint density at radius 1 is 1.43 bits per heavy atom. The number of nitriles is 1. The van der Waals surface area contributed by atoms with Gasteiger partial charge in [0.15, 0.2) is 6.07 Å². The van der Waals surface area contributed by atoms with Gasteiger partial charge in [0.2, 0.25) is 0 Å². The lowest BCUT2D eigenvalue weighted by molar-refractivity contribution is -0.384. The molecule has 14 heavy (non-hydrogen) atoms. The van der Waals surface area contributed by atoms with E-state index in [9.17, 15) is 10.1 Å². The monoisotopic (exact) mass is 250 g/mol. The largest absolute Gasteiger partial charge is 0.271 e. The van der Waals surface area contributed by atoms with Crippen molar-refractivity contribution in [3.63, 3.8) is 0 Å². The van der Waals surface area contributed by atoms with Crippen LogP contribution in [0.25, 0.3) is 0 Å². The molecule has 68 valence electrons. The fraction of sp³-hybridized carbons (Fsp3) is 0. The second kappa shape index (κ2) is 4.40. The SMILES string of the molecule is N#CC#Cc1cc(Br)cc([N+](=O)[O-])c1. The summed E-state index contributed by atoms with van der Waals surface area (Å²) < 4.78 is 0.564.